The molecule has 3 aliphatic carbocycles. The van der Waals surface area contributed by atoms with Crippen molar-refractivity contribution >= 4 is 44.6 Å². The maximum absolute atomic E-state index is 15.0. The van der Waals surface area contributed by atoms with Crippen LogP contribution in [0, 0.1) is 34.0 Å². The number of carbonyl (C=O) groups excluding carboxylic acids is 4. The number of likely N-dealkylation sites (tertiary alicyclic amines) is 1. The van der Waals surface area contributed by atoms with Crippen LogP contribution in [0.4, 0.5) is 0 Å². The van der Waals surface area contributed by atoms with Crippen molar-refractivity contribution in [2.24, 2.45) is 39.7 Å². The Morgan fingerprint density at radius 1 is 1.04 bits per heavy atom. The number of nitrogens with one attached hydrogen (secondary N) is 4. The lowest BCUT2D eigenvalue weighted by Crippen LogP contribution is -2.61. The summed E-state index contributed by atoms with van der Waals surface area (Å²) in [7, 11) is -4.34. The SMILES string of the molecule is C=C[C@@H]1C[C@]1(NC(=O)[C@@H]1C[C@@](C(C)C)(C2(C)CCC2)CN1C(=O)[C@@H](NC(=O)[C@@H](N)C1CCCCC1)C(C)(C)C)C(=O)NS(=O)(=O)c1cccc2cc[nH]c12. The molecule has 1 saturated heterocycles. The molecule has 4 aliphatic rings. The normalized spacial score (nSPS) is 28.2. The van der Waals surface area contributed by atoms with Crippen molar-refractivity contribution in [3.8, 4) is 0 Å². The van der Waals surface area contributed by atoms with E-state index in [9.17, 15) is 27.6 Å². The number of aromatic amines is 1. The molecule has 13 heteroatoms. The fourth-order valence-electron chi connectivity index (χ4n) is 9.80. The highest BCUT2D eigenvalue weighted by Gasteiger charge is 2.64. The van der Waals surface area contributed by atoms with Crippen LogP contribution in [0.1, 0.15) is 106 Å². The molecule has 4 amide bonds. The summed E-state index contributed by atoms with van der Waals surface area (Å²) in [5, 5.41) is 6.65. The van der Waals surface area contributed by atoms with E-state index in [-0.39, 0.29) is 40.4 Å². The second-order valence-electron chi connectivity index (χ2n) is 18.3. The number of H-pyrrole nitrogens is 1. The van der Waals surface area contributed by atoms with Gasteiger partial charge in [0.25, 0.3) is 15.9 Å². The topological polar surface area (TPSA) is 184 Å². The van der Waals surface area contributed by atoms with Gasteiger partial charge in [-0.1, -0.05) is 85.4 Å². The highest BCUT2D eigenvalue weighted by molar-refractivity contribution is 7.90. The molecule has 4 fully saturated rings. The number of hydrogen-bond acceptors (Lipinski definition) is 7. The Labute approximate surface area is 320 Å². The number of fused-ring (bicyclic) bond motifs is 1. The Morgan fingerprint density at radius 3 is 2.30 bits per heavy atom. The maximum atomic E-state index is 15.0. The summed E-state index contributed by atoms with van der Waals surface area (Å²) in [5.41, 5.74) is 4.06. The van der Waals surface area contributed by atoms with Crippen LogP contribution in [-0.2, 0) is 29.2 Å². The van der Waals surface area contributed by atoms with Crippen molar-refractivity contribution in [3.63, 3.8) is 0 Å². The Balaban J connectivity index is 1.30. The zero-order valence-corrected chi connectivity index (χ0v) is 33.6. The predicted octanol–water partition coefficient (Wildman–Crippen LogP) is 4.91. The van der Waals surface area contributed by atoms with Gasteiger partial charge in [0.15, 0.2) is 0 Å². The monoisotopic (exact) mass is 764 g/mol. The molecule has 2 heterocycles. The summed E-state index contributed by atoms with van der Waals surface area (Å²) in [4.78, 5) is 61.9. The molecule has 3 saturated carbocycles. The highest BCUT2D eigenvalue weighted by atomic mass is 32.2. The minimum absolute atomic E-state index is 0.0465. The van der Waals surface area contributed by atoms with Crippen molar-refractivity contribution in [1.82, 2.24) is 25.2 Å². The Kier molecular flexibility index (Phi) is 10.7. The molecule has 0 unspecified atom stereocenters. The van der Waals surface area contributed by atoms with Crippen molar-refractivity contribution in [1.29, 1.82) is 0 Å². The highest BCUT2D eigenvalue weighted by Crippen LogP contribution is 2.62. The molecular formula is C41H60N6O6S. The molecule has 0 radical (unpaired) electrons. The molecule has 2 aromatic rings. The van der Waals surface area contributed by atoms with Gasteiger partial charge in [-0.3, -0.25) is 19.2 Å². The lowest BCUT2D eigenvalue weighted by atomic mass is 9.49. The average molecular weight is 765 g/mol. The van der Waals surface area contributed by atoms with Crippen LogP contribution in [0.25, 0.3) is 10.9 Å². The smallest absolute Gasteiger partial charge is 0.266 e. The van der Waals surface area contributed by atoms with Gasteiger partial charge in [-0.05, 0) is 78.7 Å². The first-order valence-electron chi connectivity index (χ1n) is 19.7. The van der Waals surface area contributed by atoms with Crippen molar-refractivity contribution < 1.29 is 27.6 Å². The largest absolute Gasteiger partial charge is 0.360 e. The Hall–Kier alpha value is -3.71. The molecule has 6 N–H and O–H groups in total. The molecule has 296 valence electrons. The van der Waals surface area contributed by atoms with Gasteiger partial charge < -0.3 is 26.3 Å². The second-order valence-corrected chi connectivity index (χ2v) is 19.9. The van der Waals surface area contributed by atoms with E-state index in [2.05, 4.69) is 47.7 Å². The molecule has 1 aromatic carbocycles. The van der Waals surface area contributed by atoms with Crippen LogP contribution >= 0.6 is 0 Å². The lowest BCUT2D eigenvalue weighted by molar-refractivity contribution is -0.145. The van der Waals surface area contributed by atoms with Crippen molar-refractivity contribution in [3.05, 3.63) is 43.1 Å². The van der Waals surface area contributed by atoms with Gasteiger partial charge >= 0.3 is 0 Å². The van der Waals surface area contributed by atoms with Gasteiger partial charge in [0.2, 0.25) is 17.7 Å². The number of hydrogen-bond donors (Lipinski definition) is 5. The molecule has 0 spiro atoms. The summed E-state index contributed by atoms with van der Waals surface area (Å²) in [5.74, 6) is -2.50. The number of rotatable bonds is 12. The first-order valence-corrected chi connectivity index (χ1v) is 21.2. The number of carbonyl (C=O) groups is 4. The average Bonchev–Trinajstić information content (AvgIpc) is 3.40. The third-order valence-corrected chi connectivity index (χ3v) is 15.1. The fourth-order valence-corrected chi connectivity index (χ4v) is 11.0. The summed E-state index contributed by atoms with van der Waals surface area (Å²) in [6.45, 7) is 16.4. The predicted molar refractivity (Wildman–Crippen MR) is 208 cm³/mol. The molecule has 54 heavy (non-hydrogen) atoms. The van der Waals surface area contributed by atoms with Crippen LogP contribution in [0.3, 0.4) is 0 Å². The summed E-state index contributed by atoms with van der Waals surface area (Å²) in [6.07, 6.45) is 11.6. The van der Waals surface area contributed by atoms with E-state index >= 15 is 0 Å². The molecule has 0 bridgehead atoms. The van der Waals surface area contributed by atoms with E-state index in [0.29, 0.717) is 23.9 Å². The zero-order chi connectivity index (χ0) is 39.4. The van der Waals surface area contributed by atoms with E-state index in [4.69, 9.17) is 5.73 Å². The van der Waals surface area contributed by atoms with Crippen LogP contribution < -0.4 is 21.1 Å². The van der Waals surface area contributed by atoms with Crippen LogP contribution in [0.15, 0.2) is 48.0 Å². The number of amides is 4. The molecule has 1 aliphatic heterocycles. The van der Waals surface area contributed by atoms with E-state index in [1.54, 1.807) is 35.4 Å². The van der Waals surface area contributed by atoms with Gasteiger partial charge in [-0.25, -0.2) is 13.1 Å². The summed E-state index contributed by atoms with van der Waals surface area (Å²) >= 11 is 0. The standard InChI is InChI=1S/C41H60N6O6S/c1-8-28-22-41(28,37(51)46-54(52,53)30-17-12-16-27-18-21-43-32(27)30)45-34(48)29-23-40(25(2)3,39(7)19-13-20-39)24-47(29)36(50)33(38(4,5)6)44-35(49)31(42)26-14-10-9-11-15-26/h8,12,16-18,21,25-26,28-29,31,33,43H,1,9-11,13-15,19-20,22-24,42H2,2-7H3,(H,44,49)(H,45,48)(H,46,51)/t28-,29+,31+,33-,40-,41-/m1/s1. The second kappa shape index (κ2) is 14.4. The number of sulfonamides is 1. The Bertz CT molecular complexity index is 1910. The minimum Gasteiger partial charge on any atom is -0.360 e. The number of nitrogens with zero attached hydrogens (tertiary/aromatic N) is 1. The van der Waals surface area contributed by atoms with Crippen molar-refractivity contribution in [2.75, 3.05) is 6.54 Å². The molecular weight excluding hydrogens is 705 g/mol. The van der Waals surface area contributed by atoms with E-state index in [0.717, 1.165) is 51.4 Å². The molecule has 6 rings (SSSR count). The zero-order valence-electron chi connectivity index (χ0n) is 32.8. The Morgan fingerprint density at radius 2 is 1.72 bits per heavy atom. The van der Waals surface area contributed by atoms with Crippen LogP contribution in [0.2, 0.25) is 0 Å². The third-order valence-electron chi connectivity index (χ3n) is 13.7. The summed E-state index contributed by atoms with van der Waals surface area (Å²) in [6, 6.07) is 3.84. The van der Waals surface area contributed by atoms with Gasteiger partial charge in [0.1, 0.15) is 22.5 Å². The number of aromatic nitrogens is 1. The number of para-hydroxylation sites is 1. The van der Waals surface area contributed by atoms with Gasteiger partial charge in [-0.2, -0.15) is 0 Å². The van der Waals surface area contributed by atoms with E-state index in [1.165, 1.54) is 6.07 Å². The van der Waals surface area contributed by atoms with Crippen LogP contribution in [-0.4, -0.2) is 72.1 Å². The number of benzene rings is 1. The summed E-state index contributed by atoms with van der Waals surface area (Å²) < 4.78 is 29.5. The van der Waals surface area contributed by atoms with Gasteiger partial charge in [0, 0.05) is 24.0 Å². The van der Waals surface area contributed by atoms with Gasteiger partial charge in [0.05, 0.1) is 11.6 Å². The fraction of sp³-hybridized carbons (Fsp3) is 0.659. The molecule has 6 atom stereocenters. The molecule has 1 aromatic heterocycles. The van der Waals surface area contributed by atoms with E-state index < -0.39 is 62.2 Å². The lowest BCUT2D eigenvalue weighted by Gasteiger charge is -2.55. The minimum atomic E-state index is -4.34. The first kappa shape index (κ1) is 40.0. The quantitative estimate of drug-likeness (QED) is 0.190. The van der Waals surface area contributed by atoms with Crippen LogP contribution in [0.5, 0.6) is 0 Å². The van der Waals surface area contributed by atoms with E-state index in [1.807, 2.05) is 20.8 Å². The third kappa shape index (κ3) is 6.99. The maximum Gasteiger partial charge on any atom is 0.266 e. The molecule has 12 nitrogen and oxygen atoms in total. The van der Waals surface area contributed by atoms with Crippen molar-refractivity contribution in [2.45, 2.75) is 134 Å². The van der Waals surface area contributed by atoms with Gasteiger partial charge in [-0.15, -0.1) is 6.58 Å². The number of nitrogens with two attached hydrogens (primary N) is 1. The first-order chi connectivity index (χ1) is 25.3.